The van der Waals surface area contributed by atoms with E-state index in [1.54, 1.807) is 14.0 Å². The minimum Gasteiger partial charge on any atom is -0.480 e. The lowest BCUT2D eigenvalue weighted by molar-refractivity contribution is -0.143. The summed E-state index contributed by atoms with van der Waals surface area (Å²) in [7, 11) is 1.57. The fourth-order valence-corrected chi connectivity index (χ4v) is 3.18. The first-order chi connectivity index (χ1) is 11.9. The number of ether oxygens (including phenoxy) is 1. The van der Waals surface area contributed by atoms with Crippen LogP contribution in [0.4, 0.5) is 0 Å². The maximum absolute atomic E-state index is 12.6. The zero-order valence-corrected chi connectivity index (χ0v) is 14.7. The molecule has 1 aromatic carbocycles. The summed E-state index contributed by atoms with van der Waals surface area (Å²) in [6.07, 6.45) is 0.651. The molecule has 0 bridgehead atoms. The molecule has 1 aromatic rings. The van der Waals surface area contributed by atoms with Gasteiger partial charge in [0.25, 0.3) is 0 Å². The van der Waals surface area contributed by atoms with Crippen LogP contribution in [0.15, 0.2) is 42.5 Å². The van der Waals surface area contributed by atoms with Gasteiger partial charge in [-0.05, 0) is 12.0 Å². The van der Waals surface area contributed by atoms with Gasteiger partial charge in [-0.3, -0.25) is 4.79 Å². The molecule has 0 radical (unpaired) electrons. The molecule has 1 amide bonds. The number of carbonyl (C=O) groups is 2. The highest BCUT2D eigenvalue weighted by molar-refractivity contribution is 5.85. The highest BCUT2D eigenvalue weighted by atomic mass is 16.5. The summed E-state index contributed by atoms with van der Waals surface area (Å²) in [5.41, 5.74) is 1.94. The number of methoxy groups -OCH3 is 1. The molecule has 25 heavy (non-hydrogen) atoms. The molecule has 2 rings (SSSR count). The van der Waals surface area contributed by atoms with Crippen LogP contribution in [0.1, 0.15) is 18.9 Å². The molecule has 0 aliphatic carbocycles. The molecule has 0 aromatic heterocycles. The van der Waals surface area contributed by atoms with E-state index in [1.165, 1.54) is 0 Å². The van der Waals surface area contributed by atoms with Gasteiger partial charge in [-0.15, -0.1) is 0 Å². The number of benzene rings is 1. The van der Waals surface area contributed by atoms with Gasteiger partial charge in [0.15, 0.2) is 0 Å². The molecule has 4 atom stereocenters. The zero-order valence-electron chi connectivity index (χ0n) is 14.7. The fraction of sp³-hybridized carbons (Fsp3) is 0.474. The molecule has 1 fully saturated rings. The van der Waals surface area contributed by atoms with Gasteiger partial charge >= 0.3 is 5.97 Å². The van der Waals surface area contributed by atoms with Crippen molar-refractivity contribution in [1.29, 1.82) is 0 Å². The Bertz CT molecular complexity index is 617. The predicted molar refractivity (Wildman–Crippen MR) is 95.2 cm³/mol. The molecule has 1 heterocycles. The Hall–Kier alpha value is -2.18. The van der Waals surface area contributed by atoms with Crippen molar-refractivity contribution in [2.24, 2.45) is 5.92 Å². The molecule has 136 valence electrons. The summed E-state index contributed by atoms with van der Waals surface area (Å²) >= 11 is 0. The third-order valence-electron chi connectivity index (χ3n) is 4.60. The Morgan fingerprint density at radius 2 is 2.08 bits per heavy atom. The van der Waals surface area contributed by atoms with Gasteiger partial charge in [0, 0.05) is 26.1 Å². The van der Waals surface area contributed by atoms with E-state index in [0.29, 0.717) is 6.54 Å². The largest absolute Gasteiger partial charge is 0.480 e. The second-order valence-electron chi connectivity index (χ2n) is 6.52. The topological polar surface area (TPSA) is 87.7 Å². The molecule has 6 heteroatoms. The average Bonchev–Trinajstić information content (AvgIpc) is 3.01. The standard InChI is InChI=1S/C19H26N2O4/c1-12-9-15(20-11-12)17(25-3)13(2)18(22)21-16(19(23)24)10-14-7-5-4-6-8-14/h4-8,13,15-17,20H,1,9-11H2,2-3H3,(H,21,22)(H,23,24)/t13-,15+,16?,17-/m1/s1. The summed E-state index contributed by atoms with van der Waals surface area (Å²) in [4.78, 5) is 24.1. The van der Waals surface area contributed by atoms with Crippen LogP contribution in [0.2, 0.25) is 0 Å². The molecule has 0 saturated carbocycles. The Labute approximate surface area is 148 Å². The highest BCUT2D eigenvalue weighted by Gasteiger charge is 2.35. The quantitative estimate of drug-likeness (QED) is 0.619. The SMILES string of the molecule is C=C1CN[C@H]([C@H](OC)[C@@H](C)C(=O)NC(Cc2ccccc2)C(=O)O)C1. The average molecular weight is 346 g/mol. The predicted octanol–water partition coefficient (Wildman–Crippen LogP) is 1.37. The number of carboxylic acids is 1. The molecule has 1 aliphatic rings. The molecule has 1 aliphatic heterocycles. The van der Waals surface area contributed by atoms with E-state index in [9.17, 15) is 14.7 Å². The Morgan fingerprint density at radius 3 is 2.60 bits per heavy atom. The molecule has 1 unspecified atom stereocenters. The van der Waals surface area contributed by atoms with Gasteiger partial charge in [-0.2, -0.15) is 0 Å². The second-order valence-corrected chi connectivity index (χ2v) is 6.52. The molecular formula is C19H26N2O4. The normalized spacial score (nSPS) is 20.7. The first-order valence-electron chi connectivity index (χ1n) is 8.42. The maximum atomic E-state index is 12.6. The van der Waals surface area contributed by atoms with E-state index in [0.717, 1.165) is 17.6 Å². The van der Waals surface area contributed by atoms with Crippen molar-refractivity contribution in [3.63, 3.8) is 0 Å². The third-order valence-corrected chi connectivity index (χ3v) is 4.60. The summed E-state index contributed by atoms with van der Waals surface area (Å²) in [6.45, 7) is 6.42. The number of carbonyl (C=O) groups excluding carboxylic acids is 1. The summed E-state index contributed by atoms with van der Waals surface area (Å²) in [5, 5.41) is 15.4. The zero-order chi connectivity index (χ0) is 18.4. The minimum atomic E-state index is -1.05. The third kappa shape index (κ3) is 5.14. The van der Waals surface area contributed by atoms with E-state index < -0.39 is 17.9 Å². The summed E-state index contributed by atoms with van der Waals surface area (Å²) < 4.78 is 5.51. The Morgan fingerprint density at radius 1 is 1.40 bits per heavy atom. The van der Waals surface area contributed by atoms with Crippen LogP contribution in [0.3, 0.4) is 0 Å². The van der Waals surface area contributed by atoms with Crippen LogP contribution < -0.4 is 10.6 Å². The Balaban J connectivity index is 2.01. The maximum Gasteiger partial charge on any atom is 0.326 e. The number of aliphatic carboxylic acids is 1. The minimum absolute atomic E-state index is 0.00986. The van der Waals surface area contributed by atoms with Crippen molar-refractivity contribution in [3.8, 4) is 0 Å². The smallest absolute Gasteiger partial charge is 0.326 e. The molecule has 0 spiro atoms. The van der Waals surface area contributed by atoms with Crippen LogP contribution in [0, 0.1) is 5.92 Å². The van der Waals surface area contributed by atoms with Crippen molar-refractivity contribution in [2.75, 3.05) is 13.7 Å². The molecule has 3 N–H and O–H groups in total. The molecule has 6 nitrogen and oxygen atoms in total. The summed E-state index contributed by atoms with van der Waals surface area (Å²) in [5.74, 6) is -1.86. The van der Waals surface area contributed by atoms with Crippen molar-refractivity contribution in [2.45, 2.75) is 38.0 Å². The lowest BCUT2D eigenvalue weighted by Crippen LogP contribution is -2.50. The lowest BCUT2D eigenvalue weighted by atomic mass is 9.94. The number of hydrogen-bond donors (Lipinski definition) is 3. The van der Waals surface area contributed by atoms with Crippen molar-refractivity contribution in [3.05, 3.63) is 48.0 Å². The van der Waals surface area contributed by atoms with Crippen molar-refractivity contribution in [1.82, 2.24) is 10.6 Å². The van der Waals surface area contributed by atoms with E-state index in [4.69, 9.17) is 4.74 Å². The Kier molecular flexibility index (Phi) is 6.73. The number of hydrogen-bond acceptors (Lipinski definition) is 4. The van der Waals surface area contributed by atoms with Crippen LogP contribution in [-0.4, -0.2) is 48.8 Å². The number of carboxylic acid groups (broad SMARTS) is 1. The van der Waals surface area contributed by atoms with E-state index in [2.05, 4.69) is 17.2 Å². The monoisotopic (exact) mass is 346 g/mol. The van der Waals surface area contributed by atoms with Crippen LogP contribution in [0.5, 0.6) is 0 Å². The van der Waals surface area contributed by atoms with Gasteiger partial charge < -0.3 is 20.5 Å². The van der Waals surface area contributed by atoms with Crippen LogP contribution >= 0.6 is 0 Å². The number of amides is 1. The molecule has 1 saturated heterocycles. The molecular weight excluding hydrogens is 320 g/mol. The second kappa shape index (κ2) is 8.78. The van der Waals surface area contributed by atoms with Gasteiger partial charge in [0.2, 0.25) is 5.91 Å². The number of rotatable bonds is 8. The fourth-order valence-electron chi connectivity index (χ4n) is 3.18. The van der Waals surface area contributed by atoms with Gasteiger partial charge in [-0.1, -0.05) is 49.4 Å². The first-order valence-corrected chi connectivity index (χ1v) is 8.42. The van der Waals surface area contributed by atoms with Gasteiger partial charge in [0.05, 0.1) is 12.0 Å². The number of nitrogens with one attached hydrogen (secondary N) is 2. The highest BCUT2D eigenvalue weighted by Crippen LogP contribution is 2.21. The van der Waals surface area contributed by atoms with Crippen molar-refractivity contribution >= 4 is 11.9 Å². The van der Waals surface area contributed by atoms with Crippen molar-refractivity contribution < 1.29 is 19.4 Å². The van der Waals surface area contributed by atoms with E-state index >= 15 is 0 Å². The van der Waals surface area contributed by atoms with E-state index in [1.807, 2.05) is 30.3 Å². The van der Waals surface area contributed by atoms with Crippen LogP contribution in [-0.2, 0) is 20.7 Å². The van der Waals surface area contributed by atoms with Gasteiger partial charge in [-0.25, -0.2) is 4.79 Å². The van der Waals surface area contributed by atoms with Gasteiger partial charge in [0.1, 0.15) is 6.04 Å². The first kappa shape index (κ1) is 19.1. The van der Waals surface area contributed by atoms with E-state index in [-0.39, 0.29) is 24.5 Å². The summed E-state index contributed by atoms with van der Waals surface area (Å²) in [6, 6.07) is 8.29. The van der Waals surface area contributed by atoms with Crippen LogP contribution in [0.25, 0.3) is 0 Å². The lowest BCUT2D eigenvalue weighted by Gasteiger charge is -2.28.